The Morgan fingerprint density at radius 1 is 1.36 bits per heavy atom. The minimum Gasteiger partial charge on any atom is -0.368 e. The molecule has 0 aliphatic carbocycles. The molecule has 132 valence electrons. The van der Waals surface area contributed by atoms with Crippen LogP contribution in [0.1, 0.15) is 40.9 Å². The fraction of sp³-hybridized carbons (Fsp3) is 0.421. The number of aryl methyl sites for hydroxylation is 2. The largest absolute Gasteiger partial charge is 0.368 e. The molecule has 1 amide bonds. The summed E-state index contributed by atoms with van der Waals surface area (Å²) in [4.78, 5) is 22.7. The van der Waals surface area contributed by atoms with Gasteiger partial charge < -0.3 is 10.6 Å². The first-order valence-corrected chi connectivity index (χ1v) is 8.66. The highest BCUT2D eigenvalue weighted by atomic mass is 19.1. The first-order chi connectivity index (χ1) is 12.0. The van der Waals surface area contributed by atoms with Crippen LogP contribution in [0.15, 0.2) is 30.5 Å². The molecule has 1 atom stereocenters. The van der Waals surface area contributed by atoms with Crippen LogP contribution in [0.25, 0.3) is 0 Å². The molecule has 5 nitrogen and oxygen atoms in total. The van der Waals surface area contributed by atoms with Crippen LogP contribution in [0.5, 0.6) is 0 Å². The summed E-state index contributed by atoms with van der Waals surface area (Å²) in [6.45, 7) is 3.28. The van der Waals surface area contributed by atoms with Gasteiger partial charge in [-0.1, -0.05) is 12.1 Å². The summed E-state index contributed by atoms with van der Waals surface area (Å²) in [5, 5.41) is 0. The van der Waals surface area contributed by atoms with Gasteiger partial charge in [0.25, 0.3) is 5.91 Å². The van der Waals surface area contributed by atoms with Gasteiger partial charge in [0.05, 0.1) is 11.3 Å². The summed E-state index contributed by atoms with van der Waals surface area (Å²) < 4.78 is 13.0. The van der Waals surface area contributed by atoms with Gasteiger partial charge in [-0.05, 0) is 56.2 Å². The van der Waals surface area contributed by atoms with Crippen LogP contribution in [0.3, 0.4) is 0 Å². The minimum atomic E-state index is -0.209. The molecule has 1 fully saturated rings. The van der Waals surface area contributed by atoms with Crippen LogP contribution in [0, 0.1) is 18.7 Å². The lowest BCUT2D eigenvalue weighted by molar-refractivity contribution is 0.0666. The van der Waals surface area contributed by atoms with Gasteiger partial charge in [0.15, 0.2) is 0 Å². The summed E-state index contributed by atoms with van der Waals surface area (Å²) in [7, 11) is 0. The molecule has 0 unspecified atom stereocenters. The van der Waals surface area contributed by atoms with Gasteiger partial charge in [-0.15, -0.1) is 0 Å². The maximum absolute atomic E-state index is 13.0. The molecule has 2 heterocycles. The van der Waals surface area contributed by atoms with Crippen LogP contribution in [-0.4, -0.2) is 33.9 Å². The predicted molar refractivity (Wildman–Crippen MR) is 94.5 cm³/mol. The quantitative estimate of drug-likeness (QED) is 0.927. The van der Waals surface area contributed by atoms with Crippen LogP contribution in [-0.2, 0) is 6.42 Å². The lowest BCUT2D eigenvalue weighted by Crippen LogP contribution is -2.40. The summed E-state index contributed by atoms with van der Waals surface area (Å²) in [5.41, 5.74) is 7.83. The molecule has 3 rings (SSSR count). The topological polar surface area (TPSA) is 72.1 Å². The average Bonchev–Trinajstić information content (AvgIpc) is 2.61. The Morgan fingerprint density at radius 2 is 2.12 bits per heavy atom. The van der Waals surface area contributed by atoms with E-state index in [1.165, 1.54) is 18.3 Å². The first-order valence-electron chi connectivity index (χ1n) is 8.66. The lowest BCUT2D eigenvalue weighted by atomic mass is 9.91. The molecular formula is C19H23FN4O. The van der Waals surface area contributed by atoms with Crippen molar-refractivity contribution in [2.75, 3.05) is 18.8 Å². The number of rotatable bonds is 4. The van der Waals surface area contributed by atoms with Crippen LogP contribution >= 0.6 is 0 Å². The number of amides is 1. The number of aromatic nitrogens is 2. The minimum absolute atomic E-state index is 0.0241. The molecule has 0 bridgehead atoms. The number of nitrogens with two attached hydrogens (primary N) is 1. The molecule has 25 heavy (non-hydrogen) atoms. The van der Waals surface area contributed by atoms with E-state index in [1.54, 1.807) is 6.92 Å². The van der Waals surface area contributed by atoms with Crippen molar-refractivity contribution in [2.45, 2.75) is 32.6 Å². The Hall–Kier alpha value is -2.50. The van der Waals surface area contributed by atoms with Crippen molar-refractivity contribution >= 4 is 11.9 Å². The van der Waals surface area contributed by atoms with Gasteiger partial charge in [0.2, 0.25) is 5.95 Å². The second-order valence-corrected chi connectivity index (χ2v) is 6.65. The van der Waals surface area contributed by atoms with E-state index in [2.05, 4.69) is 9.97 Å². The standard InChI is InChI=1S/C19H23FN4O/c1-13-17(11-22-19(21)23-13)18(25)24-10-2-3-15(12-24)5-4-14-6-8-16(20)9-7-14/h6-9,11,15H,2-5,10,12H2,1H3,(H2,21,22,23)/t15-/m0/s1. The number of halogens is 1. The van der Waals surface area contributed by atoms with E-state index in [0.717, 1.165) is 44.3 Å². The monoisotopic (exact) mass is 342 g/mol. The second-order valence-electron chi connectivity index (χ2n) is 6.65. The zero-order chi connectivity index (χ0) is 17.8. The Balaban J connectivity index is 1.60. The van der Waals surface area contributed by atoms with Gasteiger partial charge >= 0.3 is 0 Å². The maximum atomic E-state index is 13.0. The van der Waals surface area contributed by atoms with Crippen molar-refractivity contribution in [3.63, 3.8) is 0 Å². The van der Waals surface area contributed by atoms with E-state index in [1.807, 2.05) is 17.0 Å². The summed E-state index contributed by atoms with van der Waals surface area (Å²) in [5.74, 6) is 0.408. The fourth-order valence-corrected chi connectivity index (χ4v) is 3.37. The van der Waals surface area contributed by atoms with Crippen molar-refractivity contribution in [3.8, 4) is 0 Å². The van der Waals surface area contributed by atoms with Crippen molar-refractivity contribution in [2.24, 2.45) is 5.92 Å². The predicted octanol–water partition coefficient (Wildman–Crippen LogP) is 2.99. The molecular weight excluding hydrogens is 319 g/mol. The highest BCUT2D eigenvalue weighted by Gasteiger charge is 2.25. The van der Waals surface area contributed by atoms with E-state index < -0.39 is 0 Å². The molecule has 1 aromatic carbocycles. The lowest BCUT2D eigenvalue weighted by Gasteiger charge is -2.33. The average molecular weight is 342 g/mol. The number of carbonyl (C=O) groups excluding carboxylic acids is 1. The van der Waals surface area contributed by atoms with Gasteiger partial charge in [0.1, 0.15) is 5.82 Å². The van der Waals surface area contributed by atoms with Gasteiger partial charge in [0, 0.05) is 19.3 Å². The summed E-state index contributed by atoms with van der Waals surface area (Å²) in [6.07, 6.45) is 5.52. The van der Waals surface area contributed by atoms with E-state index >= 15 is 0 Å². The Kier molecular flexibility index (Phi) is 5.26. The molecule has 1 aliphatic heterocycles. The van der Waals surface area contributed by atoms with E-state index in [4.69, 9.17) is 5.73 Å². The van der Waals surface area contributed by atoms with Crippen LogP contribution in [0.2, 0.25) is 0 Å². The van der Waals surface area contributed by atoms with E-state index in [-0.39, 0.29) is 17.7 Å². The molecule has 1 aliphatic rings. The van der Waals surface area contributed by atoms with Crippen molar-refractivity contribution in [1.29, 1.82) is 0 Å². The second kappa shape index (κ2) is 7.59. The number of nitrogens with zero attached hydrogens (tertiary/aromatic N) is 3. The normalized spacial score (nSPS) is 17.5. The van der Waals surface area contributed by atoms with Gasteiger partial charge in [-0.3, -0.25) is 4.79 Å². The smallest absolute Gasteiger partial charge is 0.257 e. The van der Waals surface area contributed by atoms with Gasteiger partial charge in [-0.2, -0.15) is 0 Å². The molecule has 1 aromatic heterocycles. The highest BCUT2D eigenvalue weighted by molar-refractivity contribution is 5.95. The molecule has 0 radical (unpaired) electrons. The van der Waals surface area contributed by atoms with E-state index in [9.17, 15) is 9.18 Å². The number of hydrogen-bond donors (Lipinski definition) is 1. The third kappa shape index (κ3) is 4.32. The van der Waals surface area contributed by atoms with Gasteiger partial charge in [-0.25, -0.2) is 14.4 Å². The Morgan fingerprint density at radius 3 is 2.84 bits per heavy atom. The molecule has 0 spiro atoms. The zero-order valence-corrected chi connectivity index (χ0v) is 14.4. The summed E-state index contributed by atoms with van der Waals surface area (Å²) >= 11 is 0. The third-order valence-corrected chi connectivity index (χ3v) is 4.79. The maximum Gasteiger partial charge on any atom is 0.257 e. The highest BCUT2D eigenvalue weighted by Crippen LogP contribution is 2.23. The number of piperidine rings is 1. The Bertz CT molecular complexity index is 748. The van der Waals surface area contributed by atoms with E-state index in [0.29, 0.717) is 17.2 Å². The number of hydrogen-bond acceptors (Lipinski definition) is 4. The zero-order valence-electron chi connectivity index (χ0n) is 14.4. The van der Waals surface area contributed by atoms with Crippen molar-refractivity contribution in [3.05, 3.63) is 53.1 Å². The fourth-order valence-electron chi connectivity index (χ4n) is 3.37. The summed E-state index contributed by atoms with van der Waals surface area (Å²) in [6, 6.07) is 6.65. The number of likely N-dealkylation sites (tertiary alicyclic amines) is 1. The van der Waals surface area contributed by atoms with Crippen molar-refractivity contribution < 1.29 is 9.18 Å². The number of anilines is 1. The molecule has 0 saturated carbocycles. The molecule has 2 aromatic rings. The van der Waals surface area contributed by atoms with Crippen molar-refractivity contribution in [1.82, 2.24) is 14.9 Å². The number of nitrogen functional groups attached to an aromatic ring is 1. The SMILES string of the molecule is Cc1nc(N)ncc1C(=O)N1CCC[C@@H](CCc2ccc(F)cc2)C1. The van der Waals surface area contributed by atoms with Crippen LogP contribution < -0.4 is 5.73 Å². The molecule has 2 N–H and O–H groups in total. The third-order valence-electron chi connectivity index (χ3n) is 4.79. The molecule has 6 heteroatoms. The molecule has 1 saturated heterocycles. The first kappa shape index (κ1) is 17.3. The van der Waals surface area contributed by atoms with Crippen LogP contribution in [0.4, 0.5) is 10.3 Å². The number of carbonyl (C=O) groups is 1. The number of benzene rings is 1. The Labute approximate surface area is 147 Å².